The van der Waals surface area contributed by atoms with Crippen molar-refractivity contribution < 1.29 is 23.9 Å². The Morgan fingerprint density at radius 1 is 1.14 bits per heavy atom. The molecule has 22 heavy (non-hydrogen) atoms. The van der Waals surface area contributed by atoms with Crippen molar-refractivity contribution in [3.63, 3.8) is 0 Å². The second-order valence-electron chi connectivity index (χ2n) is 4.52. The monoisotopic (exact) mass is 306 g/mol. The number of carbonyl (C=O) groups excluding carboxylic acids is 3. The highest BCUT2D eigenvalue weighted by Crippen LogP contribution is 2.30. The van der Waals surface area contributed by atoms with Gasteiger partial charge in [-0.15, -0.1) is 17.6 Å². The number of hydrogen-bond acceptors (Lipinski definition) is 5. The molecule has 5 nitrogen and oxygen atoms in total. The van der Waals surface area contributed by atoms with E-state index in [0.717, 1.165) is 6.29 Å². The van der Waals surface area contributed by atoms with E-state index in [1.54, 1.807) is 19.1 Å². The maximum atomic E-state index is 12.1. The molecule has 0 rings (SSSR count). The van der Waals surface area contributed by atoms with Gasteiger partial charge in [-0.2, -0.15) is 0 Å². The molecular weight excluding hydrogens is 284 g/mol. The van der Waals surface area contributed by atoms with Gasteiger partial charge in [-0.05, 0) is 25.5 Å². The van der Waals surface area contributed by atoms with Gasteiger partial charge in [0.2, 0.25) is 0 Å². The summed E-state index contributed by atoms with van der Waals surface area (Å²) in [5.41, 5.74) is 1.34. The first-order chi connectivity index (χ1) is 10.6. The number of allylic oxidation sites excluding steroid dienone is 1. The normalized spacial score (nSPS) is 9.59. The van der Waals surface area contributed by atoms with E-state index in [9.17, 15) is 14.4 Å². The number of unbranched alkanes of at least 4 members (excludes halogenated alkanes) is 2. The third-order valence-electron chi connectivity index (χ3n) is 3.03. The molecule has 120 valence electrons. The fourth-order valence-electron chi connectivity index (χ4n) is 1.78. The Labute approximate surface area is 131 Å². The first-order valence-corrected chi connectivity index (χ1v) is 7.00. The maximum Gasteiger partial charge on any atom is 0.324 e. The maximum absolute atomic E-state index is 12.1. The Kier molecular flexibility index (Phi) is 10.2. The molecule has 0 spiro atoms. The van der Waals surface area contributed by atoms with Crippen molar-refractivity contribution >= 4 is 18.2 Å². The first kappa shape index (κ1) is 19.7. The van der Waals surface area contributed by atoms with Crippen molar-refractivity contribution in [3.8, 4) is 11.8 Å². The van der Waals surface area contributed by atoms with Crippen LogP contribution in [0.1, 0.15) is 39.0 Å². The van der Waals surface area contributed by atoms with Crippen molar-refractivity contribution in [2.24, 2.45) is 5.41 Å². The molecule has 0 atom stereocenters. The molecule has 0 aliphatic rings. The van der Waals surface area contributed by atoms with Gasteiger partial charge in [0.25, 0.3) is 0 Å². The molecule has 0 N–H and O–H groups in total. The van der Waals surface area contributed by atoms with Crippen LogP contribution >= 0.6 is 0 Å². The van der Waals surface area contributed by atoms with Crippen molar-refractivity contribution in [3.05, 3.63) is 17.9 Å². The molecule has 0 fully saturated rings. The fourth-order valence-corrected chi connectivity index (χ4v) is 1.78. The SMILES string of the molecule is CC=C=CCC(CC#CCCCC=O)(C(=O)OC)C(=O)OC. The van der Waals surface area contributed by atoms with Crippen LogP contribution in [-0.4, -0.2) is 32.4 Å². The van der Waals surface area contributed by atoms with Crippen LogP contribution in [0.2, 0.25) is 0 Å². The molecule has 0 aromatic carbocycles. The summed E-state index contributed by atoms with van der Waals surface area (Å²) in [6.45, 7) is 1.78. The zero-order valence-corrected chi connectivity index (χ0v) is 13.3. The molecule has 0 radical (unpaired) electrons. The number of hydrogen-bond donors (Lipinski definition) is 0. The van der Waals surface area contributed by atoms with Gasteiger partial charge in [-0.3, -0.25) is 9.59 Å². The molecule has 0 amide bonds. The summed E-state index contributed by atoms with van der Waals surface area (Å²) >= 11 is 0. The lowest BCUT2D eigenvalue weighted by molar-refractivity contribution is -0.168. The predicted octanol–water partition coefficient (Wildman–Crippen LogP) is 2.20. The lowest BCUT2D eigenvalue weighted by atomic mass is 9.81. The van der Waals surface area contributed by atoms with E-state index in [4.69, 9.17) is 9.47 Å². The summed E-state index contributed by atoms with van der Waals surface area (Å²) in [5, 5.41) is 0. The number of methoxy groups -OCH3 is 2. The second-order valence-corrected chi connectivity index (χ2v) is 4.52. The van der Waals surface area contributed by atoms with Crippen LogP contribution in [0.15, 0.2) is 17.9 Å². The zero-order chi connectivity index (χ0) is 16.8. The molecule has 0 bridgehead atoms. The fraction of sp³-hybridized carbons (Fsp3) is 0.529. The highest BCUT2D eigenvalue weighted by atomic mass is 16.5. The summed E-state index contributed by atoms with van der Waals surface area (Å²) in [4.78, 5) is 34.4. The van der Waals surface area contributed by atoms with Gasteiger partial charge in [-0.25, -0.2) is 0 Å². The Balaban J connectivity index is 5.25. The summed E-state index contributed by atoms with van der Waals surface area (Å²) < 4.78 is 9.51. The van der Waals surface area contributed by atoms with E-state index in [1.165, 1.54) is 14.2 Å². The van der Waals surface area contributed by atoms with Crippen LogP contribution in [-0.2, 0) is 23.9 Å². The number of ether oxygens (including phenoxy) is 2. The van der Waals surface area contributed by atoms with Crippen LogP contribution < -0.4 is 0 Å². The van der Waals surface area contributed by atoms with Crippen LogP contribution in [0, 0.1) is 17.3 Å². The minimum atomic E-state index is -1.49. The van der Waals surface area contributed by atoms with Crippen LogP contribution in [0.5, 0.6) is 0 Å². The molecule has 0 heterocycles. The van der Waals surface area contributed by atoms with Gasteiger partial charge in [0.1, 0.15) is 6.29 Å². The number of aldehydes is 1. The third-order valence-corrected chi connectivity index (χ3v) is 3.03. The Morgan fingerprint density at radius 2 is 1.77 bits per heavy atom. The molecule has 0 saturated carbocycles. The summed E-state index contributed by atoms with van der Waals surface area (Å²) in [6, 6.07) is 0. The van der Waals surface area contributed by atoms with E-state index in [0.29, 0.717) is 19.3 Å². The van der Waals surface area contributed by atoms with E-state index >= 15 is 0 Å². The molecule has 0 aliphatic carbocycles. The minimum Gasteiger partial charge on any atom is -0.468 e. The molecule has 0 aromatic rings. The number of esters is 2. The minimum absolute atomic E-state index is 0.00463. The van der Waals surface area contributed by atoms with E-state index < -0.39 is 17.4 Å². The average Bonchev–Trinajstić information content (AvgIpc) is 2.55. The summed E-state index contributed by atoms with van der Waals surface area (Å²) in [5.74, 6) is 4.31. The van der Waals surface area contributed by atoms with Gasteiger partial charge in [0.15, 0.2) is 5.41 Å². The quantitative estimate of drug-likeness (QED) is 0.172. The second kappa shape index (κ2) is 11.4. The Hall–Kier alpha value is -2.31. The largest absolute Gasteiger partial charge is 0.468 e. The molecular formula is C17H22O5. The lowest BCUT2D eigenvalue weighted by Gasteiger charge is -2.24. The van der Waals surface area contributed by atoms with Crippen molar-refractivity contribution in [2.75, 3.05) is 14.2 Å². The Bertz CT molecular complexity index is 485. The van der Waals surface area contributed by atoms with Gasteiger partial charge >= 0.3 is 11.9 Å². The van der Waals surface area contributed by atoms with Crippen molar-refractivity contribution in [2.45, 2.75) is 39.0 Å². The highest BCUT2D eigenvalue weighted by molar-refractivity contribution is 6.00. The van der Waals surface area contributed by atoms with Crippen molar-refractivity contribution in [1.82, 2.24) is 0 Å². The van der Waals surface area contributed by atoms with Crippen molar-refractivity contribution in [1.29, 1.82) is 0 Å². The molecule has 5 heteroatoms. The topological polar surface area (TPSA) is 69.7 Å². The smallest absolute Gasteiger partial charge is 0.324 e. The van der Waals surface area contributed by atoms with Crippen LogP contribution in [0.25, 0.3) is 0 Å². The van der Waals surface area contributed by atoms with Crippen LogP contribution in [0.4, 0.5) is 0 Å². The molecule has 0 unspecified atom stereocenters. The summed E-state index contributed by atoms with van der Waals surface area (Å²) in [7, 11) is 2.44. The van der Waals surface area contributed by atoms with E-state index in [2.05, 4.69) is 17.6 Å². The van der Waals surface area contributed by atoms with Gasteiger partial charge < -0.3 is 14.3 Å². The molecule has 0 aromatic heterocycles. The standard InChI is InChI=1S/C17H22O5/c1-4-5-9-12-17(15(19)21-2,16(20)22-3)13-10-7-6-8-11-14-18/h4,9,14H,6,8,11-13H2,1-3H3. The lowest BCUT2D eigenvalue weighted by Crippen LogP contribution is -2.40. The number of rotatable bonds is 8. The van der Waals surface area contributed by atoms with Crippen LogP contribution in [0.3, 0.4) is 0 Å². The molecule has 0 aliphatic heterocycles. The predicted molar refractivity (Wildman–Crippen MR) is 81.7 cm³/mol. The van der Waals surface area contributed by atoms with E-state index in [1.807, 2.05) is 0 Å². The van der Waals surface area contributed by atoms with Gasteiger partial charge in [0, 0.05) is 25.7 Å². The Morgan fingerprint density at radius 3 is 2.27 bits per heavy atom. The van der Waals surface area contributed by atoms with Gasteiger partial charge in [-0.1, -0.05) is 0 Å². The van der Waals surface area contributed by atoms with Gasteiger partial charge in [0.05, 0.1) is 14.2 Å². The first-order valence-electron chi connectivity index (χ1n) is 7.00. The van der Waals surface area contributed by atoms with E-state index in [-0.39, 0.29) is 12.8 Å². The number of carbonyl (C=O) groups is 3. The summed E-state index contributed by atoms with van der Waals surface area (Å²) in [6.07, 6.45) is 5.80. The average molecular weight is 306 g/mol. The third kappa shape index (κ3) is 5.99. The molecule has 0 saturated heterocycles. The highest BCUT2D eigenvalue weighted by Gasteiger charge is 2.47. The zero-order valence-electron chi connectivity index (χ0n) is 13.3.